The van der Waals surface area contributed by atoms with Crippen LogP contribution in [0.4, 0.5) is 0 Å². The molecule has 1 aromatic rings. The van der Waals surface area contributed by atoms with Gasteiger partial charge in [-0.1, -0.05) is 6.92 Å². The number of halogens is 1. The maximum absolute atomic E-state index is 11.5. The van der Waals surface area contributed by atoms with E-state index in [9.17, 15) is 4.79 Å². The SMILES string of the molecule is CCC(C)NC(=O)c1ccc(Br)cn1. The minimum Gasteiger partial charge on any atom is -0.348 e. The Morgan fingerprint density at radius 3 is 2.86 bits per heavy atom. The second kappa shape index (κ2) is 5.10. The largest absolute Gasteiger partial charge is 0.348 e. The summed E-state index contributed by atoms with van der Waals surface area (Å²) in [6.07, 6.45) is 2.54. The van der Waals surface area contributed by atoms with Crippen molar-refractivity contribution in [1.82, 2.24) is 10.3 Å². The molecule has 0 bridgehead atoms. The van der Waals surface area contributed by atoms with Crippen molar-refractivity contribution in [2.45, 2.75) is 26.3 Å². The van der Waals surface area contributed by atoms with E-state index in [-0.39, 0.29) is 11.9 Å². The third-order valence-corrected chi connectivity index (χ3v) is 2.42. The number of carbonyl (C=O) groups excluding carboxylic acids is 1. The van der Waals surface area contributed by atoms with E-state index in [0.29, 0.717) is 5.69 Å². The van der Waals surface area contributed by atoms with E-state index in [1.165, 1.54) is 0 Å². The topological polar surface area (TPSA) is 42.0 Å². The summed E-state index contributed by atoms with van der Waals surface area (Å²) in [7, 11) is 0. The number of hydrogen-bond acceptors (Lipinski definition) is 2. The van der Waals surface area contributed by atoms with Crippen LogP contribution in [-0.2, 0) is 0 Å². The van der Waals surface area contributed by atoms with E-state index in [1.807, 2.05) is 13.8 Å². The quantitative estimate of drug-likeness (QED) is 0.903. The Labute approximate surface area is 92.1 Å². The van der Waals surface area contributed by atoms with Crippen molar-refractivity contribution in [2.75, 3.05) is 0 Å². The lowest BCUT2D eigenvalue weighted by Crippen LogP contribution is -2.32. The van der Waals surface area contributed by atoms with Gasteiger partial charge in [-0.05, 0) is 41.4 Å². The van der Waals surface area contributed by atoms with E-state index in [1.54, 1.807) is 18.3 Å². The maximum atomic E-state index is 11.5. The van der Waals surface area contributed by atoms with Crippen LogP contribution in [0.25, 0.3) is 0 Å². The number of nitrogens with zero attached hydrogens (tertiary/aromatic N) is 1. The molecule has 0 aliphatic rings. The van der Waals surface area contributed by atoms with Crippen molar-refractivity contribution in [2.24, 2.45) is 0 Å². The molecule has 1 atom stereocenters. The lowest BCUT2D eigenvalue weighted by Gasteiger charge is -2.10. The highest BCUT2D eigenvalue weighted by molar-refractivity contribution is 9.10. The van der Waals surface area contributed by atoms with Gasteiger partial charge in [0.25, 0.3) is 5.91 Å². The Hall–Kier alpha value is -0.900. The second-order valence-electron chi connectivity index (χ2n) is 3.14. The molecule has 1 unspecified atom stereocenters. The normalized spacial score (nSPS) is 12.2. The lowest BCUT2D eigenvalue weighted by atomic mass is 10.2. The average Bonchev–Trinajstić information content (AvgIpc) is 2.18. The van der Waals surface area contributed by atoms with Crippen LogP contribution in [-0.4, -0.2) is 16.9 Å². The predicted molar refractivity (Wildman–Crippen MR) is 59.2 cm³/mol. The zero-order valence-electron chi connectivity index (χ0n) is 8.25. The van der Waals surface area contributed by atoms with Crippen LogP contribution < -0.4 is 5.32 Å². The average molecular weight is 257 g/mol. The number of hydrogen-bond donors (Lipinski definition) is 1. The highest BCUT2D eigenvalue weighted by atomic mass is 79.9. The highest BCUT2D eigenvalue weighted by Crippen LogP contribution is 2.07. The van der Waals surface area contributed by atoms with Gasteiger partial charge in [-0.25, -0.2) is 4.98 Å². The van der Waals surface area contributed by atoms with E-state index >= 15 is 0 Å². The van der Waals surface area contributed by atoms with E-state index in [0.717, 1.165) is 10.9 Å². The van der Waals surface area contributed by atoms with Crippen LogP contribution in [0.3, 0.4) is 0 Å². The summed E-state index contributed by atoms with van der Waals surface area (Å²) in [5.41, 5.74) is 0.452. The first-order valence-electron chi connectivity index (χ1n) is 4.56. The molecule has 14 heavy (non-hydrogen) atoms. The van der Waals surface area contributed by atoms with Gasteiger partial charge in [0.15, 0.2) is 0 Å². The summed E-state index contributed by atoms with van der Waals surface area (Å²) in [4.78, 5) is 15.5. The molecule has 0 saturated heterocycles. The fourth-order valence-corrected chi connectivity index (χ4v) is 1.14. The van der Waals surface area contributed by atoms with E-state index < -0.39 is 0 Å². The van der Waals surface area contributed by atoms with Crippen molar-refractivity contribution >= 4 is 21.8 Å². The first-order chi connectivity index (χ1) is 6.63. The van der Waals surface area contributed by atoms with Gasteiger partial charge in [-0.15, -0.1) is 0 Å². The summed E-state index contributed by atoms with van der Waals surface area (Å²) in [5.74, 6) is -0.119. The van der Waals surface area contributed by atoms with Crippen LogP contribution in [0, 0.1) is 0 Å². The van der Waals surface area contributed by atoms with Crippen LogP contribution >= 0.6 is 15.9 Å². The number of pyridine rings is 1. The molecule has 0 radical (unpaired) electrons. The molecule has 1 rings (SSSR count). The van der Waals surface area contributed by atoms with Crippen molar-refractivity contribution < 1.29 is 4.79 Å². The van der Waals surface area contributed by atoms with Gasteiger partial charge in [0.1, 0.15) is 5.69 Å². The number of nitrogens with one attached hydrogen (secondary N) is 1. The molecule has 0 fully saturated rings. The third kappa shape index (κ3) is 3.10. The third-order valence-electron chi connectivity index (χ3n) is 1.95. The molecule has 0 aliphatic heterocycles. The Balaban J connectivity index is 2.65. The summed E-state index contributed by atoms with van der Waals surface area (Å²) in [6.45, 7) is 4.00. The molecule has 1 amide bonds. The second-order valence-corrected chi connectivity index (χ2v) is 4.06. The molecule has 0 aromatic carbocycles. The minimum absolute atomic E-state index is 0.119. The zero-order chi connectivity index (χ0) is 10.6. The van der Waals surface area contributed by atoms with E-state index in [2.05, 4.69) is 26.2 Å². The Morgan fingerprint density at radius 2 is 2.36 bits per heavy atom. The summed E-state index contributed by atoms with van der Waals surface area (Å²) >= 11 is 3.26. The minimum atomic E-state index is -0.119. The Morgan fingerprint density at radius 1 is 1.64 bits per heavy atom. The van der Waals surface area contributed by atoms with Crippen molar-refractivity contribution in [1.29, 1.82) is 0 Å². The smallest absolute Gasteiger partial charge is 0.270 e. The molecule has 0 saturated carbocycles. The zero-order valence-corrected chi connectivity index (χ0v) is 9.84. The van der Waals surface area contributed by atoms with Crippen LogP contribution in [0.5, 0.6) is 0 Å². The van der Waals surface area contributed by atoms with Gasteiger partial charge in [0, 0.05) is 16.7 Å². The monoisotopic (exact) mass is 256 g/mol. The van der Waals surface area contributed by atoms with Gasteiger partial charge in [0.2, 0.25) is 0 Å². The first kappa shape index (κ1) is 11.2. The molecule has 76 valence electrons. The fraction of sp³-hybridized carbons (Fsp3) is 0.400. The molecule has 1 N–H and O–H groups in total. The molecular weight excluding hydrogens is 244 g/mol. The molecule has 1 heterocycles. The van der Waals surface area contributed by atoms with Crippen LogP contribution in [0.2, 0.25) is 0 Å². The number of amides is 1. The fourth-order valence-electron chi connectivity index (χ4n) is 0.910. The number of rotatable bonds is 3. The predicted octanol–water partition coefficient (Wildman–Crippen LogP) is 2.37. The van der Waals surface area contributed by atoms with Crippen LogP contribution in [0.1, 0.15) is 30.8 Å². The van der Waals surface area contributed by atoms with Gasteiger partial charge < -0.3 is 5.32 Å². The summed E-state index contributed by atoms with van der Waals surface area (Å²) in [5, 5.41) is 2.85. The molecule has 0 spiro atoms. The maximum Gasteiger partial charge on any atom is 0.270 e. The van der Waals surface area contributed by atoms with Gasteiger partial charge in [0.05, 0.1) is 0 Å². The lowest BCUT2D eigenvalue weighted by molar-refractivity contribution is 0.0934. The van der Waals surface area contributed by atoms with Crippen molar-refractivity contribution in [3.8, 4) is 0 Å². The van der Waals surface area contributed by atoms with Gasteiger partial charge in [-0.2, -0.15) is 0 Å². The van der Waals surface area contributed by atoms with Crippen LogP contribution in [0.15, 0.2) is 22.8 Å². The molecular formula is C10H13BrN2O. The summed E-state index contributed by atoms with van der Waals surface area (Å²) < 4.78 is 0.873. The molecule has 1 aromatic heterocycles. The highest BCUT2D eigenvalue weighted by Gasteiger charge is 2.08. The summed E-state index contributed by atoms with van der Waals surface area (Å²) in [6, 6.07) is 3.69. The number of carbonyl (C=O) groups is 1. The van der Waals surface area contributed by atoms with E-state index in [4.69, 9.17) is 0 Å². The van der Waals surface area contributed by atoms with Gasteiger partial charge in [-0.3, -0.25) is 4.79 Å². The Bertz CT molecular complexity index is 310. The van der Waals surface area contributed by atoms with Crippen molar-refractivity contribution in [3.05, 3.63) is 28.5 Å². The molecule has 4 heteroatoms. The van der Waals surface area contributed by atoms with Crippen molar-refractivity contribution in [3.63, 3.8) is 0 Å². The number of aromatic nitrogens is 1. The first-order valence-corrected chi connectivity index (χ1v) is 5.35. The standard InChI is InChI=1S/C10H13BrN2O/c1-3-7(2)13-10(14)9-5-4-8(11)6-12-9/h4-7H,3H2,1-2H3,(H,13,14). The molecule has 3 nitrogen and oxygen atoms in total. The van der Waals surface area contributed by atoms with Gasteiger partial charge >= 0.3 is 0 Å². The Kier molecular flexibility index (Phi) is 4.07. The molecule has 0 aliphatic carbocycles.